The molecule has 11 heavy (non-hydrogen) atoms. The van der Waals surface area contributed by atoms with Gasteiger partial charge in [-0.2, -0.15) is 11.1 Å². The highest BCUT2D eigenvalue weighted by atomic mass is 35.6. The molecule has 0 aromatic heterocycles. The Morgan fingerprint density at radius 1 is 1.55 bits per heavy atom. The molecule has 0 heterocycles. The molecule has 66 valence electrons. The molecule has 0 nitrogen and oxygen atoms in total. The fraction of sp³-hybridized carbons (Fsp3) is 0.778. The monoisotopic (exact) mass is 190 g/mol. The lowest BCUT2D eigenvalue weighted by Crippen LogP contribution is -1.99. The topological polar surface area (TPSA) is 0 Å². The van der Waals surface area contributed by atoms with Crippen molar-refractivity contribution in [2.45, 2.75) is 45.1 Å². The zero-order valence-corrected chi connectivity index (χ0v) is 9.87. The van der Waals surface area contributed by atoms with Crippen LogP contribution in [0.4, 0.5) is 0 Å². The minimum absolute atomic E-state index is 0.375. The fourth-order valence-electron chi connectivity index (χ4n) is 1.11. The molecule has 0 amide bonds. The predicted octanol–water partition coefficient (Wildman–Crippen LogP) is 3.25. The van der Waals surface area contributed by atoms with Gasteiger partial charge in [0.2, 0.25) is 0 Å². The largest absolute Gasteiger partial charge is 0.176 e. The molecule has 0 rings (SSSR count). The smallest absolute Gasteiger partial charge is 0.132 e. The summed E-state index contributed by atoms with van der Waals surface area (Å²) in [6.45, 7) is 8.50. The van der Waals surface area contributed by atoms with E-state index in [0.717, 1.165) is 0 Å². The number of halogens is 1. The Hall–Kier alpha value is 0.247. The molecule has 1 atom stereocenters. The second-order valence-corrected chi connectivity index (χ2v) is 5.24. The Balaban J connectivity index is 3.61. The Morgan fingerprint density at radius 2 is 2.18 bits per heavy atom. The van der Waals surface area contributed by atoms with Gasteiger partial charge in [0, 0.05) is 0 Å². The van der Waals surface area contributed by atoms with Crippen molar-refractivity contribution in [3.05, 3.63) is 12.2 Å². The van der Waals surface area contributed by atoms with Gasteiger partial charge < -0.3 is 0 Å². The molecule has 0 aliphatic rings. The van der Waals surface area contributed by atoms with Gasteiger partial charge in [-0.1, -0.05) is 38.8 Å². The third-order valence-corrected chi connectivity index (χ3v) is 4.75. The van der Waals surface area contributed by atoms with Crippen molar-refractivity contribution in [1.29, 1.82) is 0 Å². The van der Waals surface area contributed by atoms with Crippen molar-refractivity contribution in [3.8, 4) is 0 Å². The summed E-state index contributed by atoms with van der Waals surface area (Å²) < 4.78 is 0. The molecule has 0 spiro atoms. The standard InChI is InChI=1S/C9H19ClSi/c1-4-6-7-8(3)9(5-2)11-10/h9H,3-7,11H2,1-2H3. The van der Waals surface area contributed by atoms with Gasteiger partial charge in [0.05, 0.1) is 0 Å². The number of hydrogen-bond acceptors (Lipinski definition) is 0. The first kappa shape index (κ1) is 11.2. The lowest BCUT2D eigenvalue weighted by Gasteiger charge is -2.13. The summed E-state index contributed by atoms with van der Waals surface area (Å²) >= 11 is 5.92. The van der Waals surface area contributed by atoms with Crippen LogP contribution in [0.1, 0.15) is 39.5 Å². The van der Waals surface area contributed by atoms with Gasteiger partial charge in [-0.25, -0.2) is 0 Å². The van der Waals surface area contributed by atoms with E-state index in [2.05, 4.69) is 20.4 Å². The van der Waals surface area contributed by atoms with Crippen molar-refractivity contribution in [2.75, 3.05) is 0 Å². The van der Waals surface area contributed by atoms with Gasteiger partial charge in [0.1, 0.15) is 8.83 Å². The molecule has 0 aliphatic heterocycles. The van der Waals surface area contributed by atoms with Crippen LogP contribution in [0.3, 0.4) is 0 Å². The third-order valence-electron chi connectivity index (χ3n) is 2.11. The first-order valence-electron chi connectivity index (χ1n) is 4.49. The Labute approximate surface area is 77.6 Å². The number of allylic oxidation sites excluding steroid dienone is 1. The van der Waals surface area contributed by atoms with Crippen LogP contribution in [0.2, 0.25) is 5.54 Å². The molecule has 0 radical (unpaired) electrons. The van der Waals surface area contributed by atoms with Crippen LogP contribution in [0, 0.1) is 0 Å². The average Bonchev–Trinajstić information content (AvgIpc) is 2.03. The predicted molar refractivity (Wildman–Crippen MR) is 57.1 cm³/mol. The zero-order chi connectivity index (χ0) is 8.69. The summed E-state index contributed by atoms with van der Waals surface area (Å²) in [4.78, 5) is 0. The van der Waals surface area contributed by atoms with Crippen molar-refractivity contribution < 1.29 is 0 Å². The molecule has 0 N–H and O–H groups in total. The minimum atomic E-state index is -0.375. The Bertz CT molecular complexity index is 108. The fourth-order valence-corrected chi connectivity index (χ4v) is 3.06. The molecule has 0 saturated carbocycles. The average molecular weight is 191 g/mol. The SMILES string of the molecule is C=C(CCCC)C(CC)[SiH2]Cl. The van der Waals surface area contributed by atoms with Gasteiger partial charge in [0.25, 0.3) is 0 Å². The summed E-state index contributed by atoms with van der Waals surface area (Å²) in [6.07, 6.45) is 4.92. The van der Waals surface area contributed by atoms with E-state index < -0.39 is 0 Å². The van der Waals surface area contributed by atoms with Gasteiger partial charge in [-0.15, -0.1) is 0 Å². The summed E-state index contributed by atoms with van der Waals surface area (Å²) in [5.74, 6) is 0. The van der Waals surface area contributed by atoms with E-state index in [1.54, 1.807) is 0 Å². The molecule has 0 aromatic carbocycles. The summed E-state index contributed by atoms with van der Waals surface area (Å²) in [5, 5.41) is 0. The first-order chi connectivity index (χ1) is 5.26. The van der Waals surface area contributed by atoms with Gasteiger partial charge in [-0.3, -0.25) is 0 Å². The molecular weight excluding hydrogens is 172 g/mol. The maximum absolute atomic E-state index is 5.92. The minimum Gasteiger partial charge on any atom is -0.176 e. The molecular formula is C9H19ClSi. The molecule has 0 aromatic rings. The van der Waals surface area contributed by atoms with Gasteiger partial charge in [0.15, 0.2) is 0 Å². The summed E-state index contributed by atoms with van der Waals surface area (Å²) in [5.41, 5.74) is 2.08. The molecule has 0 fully saturated rings. The third kappa shape index (κ3) is 4.65. The highest BCUT2D eigenvalue weighted by Crippen LogP contribution is 2.24. The van der Waals surface area contributed by atoms with E-state index in [9.17, 15) is 0 Å². The molecule has 0 saturated heterocycles. The molecule has 1 unspecified atom stereocenters. The van der Waals surface area contributed by atoms with E-state index >= 15 is 0 Å². The zero-order valence-electron chi connectivity index (χ0n) is 7.70. The normalized spacial score (nSPS) is 14.1. The van der Waals surface area contributed by atoms with E-state index in [1.165, 1.54) is 31.3 Å². The highest BCUT2D eigenvalue weighted by Gasteiger charge is 2.08. The van der Waals surface area contributed by atoms with Crippen molar-refractivity contribution in [3.63, 3.8) is 0 Å². The molecule has 2 heteroatoms. The van der Waals surface area contributed by atoms with Crippen LogP contribution in [0.25, 0.3) is 0 Å². The van der Waals surface area contributed by atoms with Crippen LogP contribution in [-0.2, 0) is 0 Å². The second-order valence-electron chi connectivity index (χ2n) is 3.02. The quantitative estimate of drug-likeness (QED) is 0.343. The number of hydrogen-bond donors (Lipinski definition) is 0. The summed E-state index contributed by atoms with van der Waals surface area (Å²) in [7, 11) is -0.375. The Kier molecular flexibility index (Phi) is 7.08. The lowest BCUT2D eigenvalue weighted by molar-refractivity contribution is 0.744. The van der Waals surface area contributed by atoms with Crippen molar-refractivity contribution in [2.24, 2.45) is 0 Å². The van der Waals surface area contributed by atoms with Crippen LogP contribution < -0.4 is 0 Å². The van der Waals surface area contributed by atoms with Gasteiger partial charge in [-0.05, 0) is 18.4 Å². The molecule has 0 bridgehead atoms. The highest BCUT2D eigenvalue weighted by molar-refractivity contribution is 6.94. The Morgan fingerprint density at radius 3 is 2.55 bits per heavy atom. The number of unbranched alkanes of at least 4 members (excludes halogenated alkanes) is 1. The second kappa shape index (κ2) is 6.93. The van der Waals surface area contributed by atoms with Crippen molar-refractivity contribution >= 4 is 19.9 Å². The van der Waals surface area contributed by atoms with E-state index in [-0.39, 0.29) is 8.83 Å². The van der Waals surface area contributed by atoms with E-state index in [0.29, 0.717) is 5.54 Å². The van der Waals surface area contributed by atoms with Gasteiger partial charge >= 0.3 is 0 Å². The maximum atomic E-state index is 5.92. The molecule has 0 aliphatic carbocycles. The van der Waals surface area contributed by atoms with E-state index in [4.69, 9.17) is 11.1 Å². The lowest BCUT2D eigenvalue weighted by atomic mass is 10.1. The van der Waals surface area contributed by atoms with Crippen molar-refractivity contribution in [1.82, 2.24) is 0 Å². The van der Waals surface area contributed by atoms with E-state index in [1.807, 2.05) is 0 Å². The summed E-state index contributed by atoms with van der Waals surface area (Å²) in [6, 6.07) is 0. The van der Waals surface area contributed by atoms with Crippen LogP contribution in [-0.4, -0.2) is 8.83 Å². The van der Waals surface area contributed by atoms with Crippen LogP contribution in [0.5, 0.6) is 0 Å². The number of rotatable bonds is 6. The van der Waals surface area contributed by atoms with Crippen LogP contribution in [0.15, 0.2) is 12.2 Å². The van der Waals surface area contributed by atoms with Crippen LogP contribution >= 0.6 is 11.1 Å². The maximum Gasteiger partial charge on any atom is 0.132 e. The first-order valence-corrected chi connectivity index (χ1v) is 7.45.